The Hall–Kier alpha value is -1.78. The number of rotatable bonds is 5. The molecule has 2 rings (SSSR count). The van der Waals surface area contributed by atoms with Gasteiger partial charge in [0.05, 0.1) is 11.1 Å². The van der Waals surface area contributed by atoms with Crippen molar-refractivity contribution in [3.63, 3.8) is 0 Å². The fourth-order valence-electron chi connectivity index (χ4n) is 1.85. The SMILES string of the molecule is CC(NC(=O)COc1cc(Cl)ccc1Cl)c1ccc(F)cc1. The average molecular weight is 342 g/mol. The summed E-state index contributed by atoms with van der Waals surface area (Å²) in [4.78, 5) is 11.9. The number of carbonyl (C=O) groups excluding carboxylic acids is 1. The lowest BCUT2D eigenvalue weighted by atomic mass is 10.1. The molecule has 1 N–H and O–H groups in total. The number of nitrogens with one attached hydrogen (secondary N) is 1. The van der Waals surface area contributed by atoms with E-state index in [1.165, 1.54) is 12.1 Å². The molecular weight excluding hydrogens is 328 g/mol. The van der Waals surface area contributed by atoms with Gasteiger partial charge in [0, 0.05) is 11.1 Å². The standard InChI is InChI=1S/C16H14Cl2FNO2/c1-10(11-2-5-13(19)6-3-11)20-16(21)9-22-15-8-12(17)4-7-14(15)18/h2-8,10H,9H2,1H3,(H,20,21). The van der Waals surface area contributed by atoms with Crippen molar-refractivity contribution in [3.8, 4) is 5.75 Å². The van der Waals surface area contributed by atoms with Gasteiger partial charge in [0.1, 0.15) is 11.6 Å². The Morgan fingerprint density at radius 2 is 1.91 bits per heavy atom. The molecule has 0 aliphatic rings. The highest BCUT2D eigenvalue weighted by Crippen LogP contribution is 2.27. The smallest absolute Gasteiger partial charge is 0.258 e. The van der Waals surface area contributed by atoms with Crippen LogP contribution in [0.3, 0.4) is 0 Å². The van der Waals surface area contributed by atoms with Gasteiger partial charge in [-0.3, -0.25) is 4.79 Å². The van der Waals surface area contributed by atoms with Crippen molar-refractivity contribution in [3.05, 3.63) is 63.9 Å². The molecule has 22 heavy (non-hydrogen) atoms. The first-order valence-electron chi connectivity index (χ1n) is 6.58. The van der Waals surface area contributed by atoms with Gasteiger partial charge in [0.25, 0.3) is 5.91 Å². The van der Waals surface area contributed by atoms with Crippen LogP contribution in [-0.2, 0) is 4.79 Å². The summed E-state index contributed by atoms with van der Waals surface area (Å²) >= 11 is 11.8. The lowest BCUT2D eigenvalue weighted by Crippen LogP contribution is -2.31. The summed E-state index contributed by atoms with van der Waals surface area (Å²) in [5, 5.41) is 3.61. The number of amides is 1. The van der Waals surface area contributed by atoms with Gasteiger partial charge >= 0.3 is 0 Å². The average Bonchev–Trinajstić information content (AvgIpc) is 2.49. The fraction of sp³-hybridized carbons (Fsp3) is 0.188. The molecule has 2 aromatic rings. The molecule has 0 spiro atoms. The van der Waals surface area contributed by atoms with Gasteiger partial charge in [-0.2, -0.15) is 0 Å². The van der Waals surface area contributed by atoms with Crippen molar-refractivity contribution in [1.29, 1.82) is 0 Å². The zero-order valence-corrected chi connectivity index (χ0v) is 13.3. The van der Waals surface area contributed by atoms with Crippen LogP contribution < -0.4 is 10.1 Å². The molecule has 0 aliphatic heterocycles. The van der Waals surface area contributed by atoms with Crippen LogP contribution in [0.25, 0.3) is 0 Å². The second kappa shape index (κ2) is 7.47. The maximum Gasteiger partial charge on any atom is 0.258 e. The van der Waals surface area contributed by atoms with E-state index in [1.54, 1.807) is 37.3 Å². The first kappa shape index (κ1) is 16.6. The third-order valence-corrected chi connectivity index (χ3v) is 3.55. The number of benzene rings is 2. The van der Waals surface area contributed by atoms with Crippen LogP contribution in [0.4, 0.5) is 4.39 Å². The maximum atomic E-state index is 12.9. The molecule has 0 fully saturated rings. The molecule has 0 aliphatic carbocycles. The summed E-state index contributed by atoms with van der Waals surface area (Å²) in [7, 11) is 0. The van der Waals surface area contributed by atoms with Crippen LogP contribution >= 0.6 is 23.2 Å². The van der Waals surface area contributed by atoms with Crippen LogP contribution in [-0.4, -0.2) is 12.5 Å². The monoisotopic (exact) mass is 341 g/mol. The summed E-state index contributed by atoms with van der Waals surface area (Å²) in [5.41, 5.74) is 0.801. The Balaban J connectivity index is 1.90. The first-order chi connectivity index (χ1) is 10.5. The van der Waals surface area contributed by atoms with Crippen molar-refractivity contribution >= 4 is 29.1 Å². The minimum atomic E-state index is -0.318. The Morgan fingerprint density at radius 1 is 1.23 bits per heavy atom. The Bertz CT molecular complexity index is 662. The predicted molar refractivity (Wildman–Crippen MR) is 84.9 cm³/mol. The van der Waals surface area contributed by atoms with Crippen molar-refractivity contribution < 1.29 is 13.9 Å². The number of hydrogen-bond acceptors (Lipinski definition) is 2. The summed E-state index contributed by atoms with van der Waals surface area (Å²) in [6, 6.07) is 10.4. The molecule has 116 valence electrons. The van der Waals surface area contributed by atoms with E-state index in [-0.39, 0.29) is 24.4 Å². The van der Waals surface area contributed by atoms with Crippen LogP contribution in [0, 0.1) is 5.82 Å². The van der Waals surface area contributed by atoms with Gasteiger partial charge in [0.15, 0.2) is 6.61 Å². The Labute approximate surface area is 138 Å². The zero-order chi connectivity index (χ0) is 16.1. The molecule has 1 unspecified atom stereocenters. The number of hydrogen-bond donors (Lipinski definition) is 1. The zero-order valence-electron chi connectivity index (χ0n) is 11.8. The quantitative estimate of drug-likeness (QED) is 0.875. The minimum Gasteiger partial charge on any atom is -0.482 e. The van der Waals surface area contributed by atoms with E-state index in [1.807, 2.05) is 0 Å². The van der Waals surface area contributed by atoms with Crippen molar-refractivity contribution in [2.24, 2.45) is 0 Å². The predicted octanol–water partition coefficient (Wildman–Crippen LogP) is 4.39. The van der Waals surface area contributed by atoms with E-state index in [2.05, 4.69) is 5.32 Å². The van der Waals surface area contributed by atoms with Gasteiger partial charge in [-0.1, -0.05) is 35.3 Å². The second-order valence-corrected chi connectivity index (χ2v) is 5.55. The van der Waals surface area contributed by atoms with E-state index in [0.717, 1.165) is 5.56 Å². The van der Waals surface area contributed by atoms with Gasteiger partial charge in [0.2, 0.25) is 0 Å². The number of carbonyl (C=O) groups is 1. The lowest BCUT2D eigenvalue weighted by Gasteiger charge is -2.15. The third kappa shape index (κ3) is 4.61. The summed E-state index contributed by atoms with van der Waals surface area (Å²) in [5.74, 6) is -0.284. The molecule has 1 atom stereocenters. The summed E-state index contributed by atoms with van der Waals surface area (Å²) in [6.45, 7) is 1.61. The second-order valence-electron chi connectivity index (χ2n) is 4.70. The van der Waals surface area contributed by atoms with E-state index in [0.29, 0.717) is 15.8 Å². The number of ether oxygens (including phenoxy) is 1. The fourth-order valence-corrected chi connectivity index (χ4v) is 2.18. The highest BCUT2D eigenvalue weighted by atomic mass is 35.5. The summed E-state index contributed by atoms with van der Waals surface area (Å²) in [6.07, 6.45) is 0. The Kier molecular flexibility index (Phi) is 5.63. The van der Waals surface area contributed by atoms with E-state index in [4.69, 9.17) is 27.9 Å². The van der Waals surface area contributed by atoms with Gasteiger partial charge in [-0.15, -0.1) is 0 Å². The van der Waals surface area contributed by atoms with E-state index in [9.17, 15) is 9.18 Å². The molecule has 0 heterocycles. The molecular formula is C16H14Cl2FNO2. The molecule has 0 radical (unpaired) electrons. The van der Waals surface area contributed by atoms with Crippen LogP contribution in [0.2, 0.25) is 10.0 Å². The van der Waals surface area contributed by atoms with Crippen LogP contribution in [0.1, 0.15) is 18.5 Å². The molecule has 0 aromatic heterocycles. The van der Waals surface area contributed by atoms with Crippen molar-refractivity contribution in [1.82, 2.24) is 5.32 Å². The Morgan fingerprint density at radius 3 is 2.59 bits per heavy atom. The summed E-state index contributed by atoms with van der Waals surface area (Å²) < 4.78 is 18.2. The molecule has 6 heteroatoms. The normalized spacial score (nSPS) is 11.8. The van der Waals surface area contributed by atoms with Crippen molar-refractivity contribution in [2.45, 2.75) is 13.0 Å². The molecule has 1 amide bonds. The first-order valence-corrected chi connectivity index (χ1v) is 7.34. The van der Waals surface area contributed by atoms with E-state index >= 15 is 0 Å². The highest BCUT2D eigenvalue weighted by molar-refractivity contribution is 6.34. The van der Waals surface area contributed by atoms with Crippen LogP contribution in [0.15, 0.2) is 42.5 Å². The van der Waals surface area contributed by atoms with Crippen molar-refractivity contribution in [2.75, 3.05) is 6.61 Å². The van der Waals surface area contributed by atoms with Gasteiger partial charge in [-0.05, 0) is 36.8 Å². The van der Waals surface area contributed by atoms with E-state index < -0.39 is 0 Å². The number of halogens is 3. The lowest BCUT2D eigenvalue weighted by molar-refractivity contribution is -0.123. The highest BCUT2D eigenvalue weighted by Gasteiger charge is 2.11. The molecule has 3 nitrogen and oxygen atoms in total. The molecule has 0 bridgehead atoms. The van der Waals surface area contributed by atoms with Crippen LogP contribution in [0.5, 0.6) is 5.75 Å². The molecule has 0 saturated carbocycles. The topological polar surface area (TPSA) is 38.3 Å². The minimum absolute atomic E-state index is 0.189. The largest absolute Gasteiger partial charge is 0.482 e. The van der Waals surface area contributed by atoms with Gasteiger partial charge < -0.3 is 10.1 Å². The maximum absolute atomic E-state index is 12.9. The van der Waals surface area contributed by atoms with Gasteiger partial charge in [-0.25, -0.2) is 4.39 Å². The third-order valence-electron chi connectivity index (χ3n) is 3.00. The molecule has 2 aromatic carbocycles. The molecule has 0 saturated heterocycles.